The average molecular weight is 308 g/mol. The van der Waals surface area contributed by atoms with Gasteiger partial charge in [-0.15, -0.1) is 0 Å². The summed E-state index contributed by atoms with van der Waals surface area (Å²) in [5.41, 5.74) is 1.70. The Kier molecular flexibility index (Phi) is 5.59. The molecule has 2 nitrogen and oxygen atoms in total. The molecule has 0 heterocycles. The highest BCUT2D eigenvalue weighted by molar-refractivity contribution is 6.31. The summed E-state index contributed by atoms with van der Waals surface area (Å²) < 4.78 is 19.1. The van der Waals surface area contributed by atoms with Gasteiger partial charge in [-0.25, -0.2) is 4.39 Å². The molecule has 2 aromatic carbocycles. The van der Waals surface area contributed by atoms with Crippen LogP contribution >= 0.6 is 11.6 Å². The number of benzene rings is 2. The lowest BCUT2D eigenvalue weighted by Crippen LogP contribution is -2.30. The van der Waals surface area contributed by atoms with Gasteiger partial charge in [-0.1, -0.05) is 29.8 Å². The molecule has 1 atom stereocenters. The predicted molar refractivity (Wildman–Crippen MR) is 84.7 cm³/mol. The van der Waals surface area contributed by atoms with E-state index in [2.05, 4.69) is 5.32 Å². The molecule has 0 spiro atoms. The van der Waals surface area contributed by atoms with Gasteiger partial charge in [-0.05, 0) is 49.7 Å². The molecular formula is C17H19ClFNO. The third-order valence-corrected chi connectivity index (χ3v) is 3.89. The first-order valence-corrected chi connectivity index (χ1v) is 7.25. The summed E-state index contributed by atoms with van der Waals surface area (Å²) in [5.74, 6) is 0.569. The Labute approximate surface area is 129 Å². The minimum Gasteiger partial charge on any atom is -0.497 e. The largest absolute Gasteiger partial charge is 0.497 e. The van der Waals surface area contributed by atoms with Crippen LogP contribution in [0.3, 0.4) is 0 Å². The van der Waals surface area contributed by atoms with Gasteiger partial charge in [0.1, 0.15) is 11.6 Å². The smallest absolute Gasteiger partial charge is 0.127 e. The number of halogens is 2. The number of hydrogen-bond donors (Lipinski definition) is 1. The second-order valence-corrected chi connectivity index (χ2v) is 5.35. The molecule has 0 bridgehead atoms. The number of ether oxygens (including phenoxy) is 1. The summed E-state index contributed by atoms with van der Waals surface area (Å²) in [6.45, 7) is 0. The maximum Gasteiger partial charge on any atom is 0.127 e. The third kappa shape index (κ3) is 4.19. The predicted octanol–water partition coefficient (Wildman–Crippen LogP) is 3.86. The summed E-state index contributed by atoms with van der Waals surface area (Å²) >= 11 is 6.09. The van der Waals surface area contributed by atoms with Gasteiger partial charge in [0, 0.05) is 16.6 Å². The number of hydrogen-bond acceptors (Lipinski definition) is 2. The molecule has 0 radical (unpaired) electrons. The minimum atomic E-state index is -0.256. The molecule has 0 amide bonds. The normalized spacial score (nSPS) is 12.2. The Hall–Kier alpha value is -1.58. The van der Waals surface area contributed by atoms with Crippen molar-refractivity contribution in [3.8, 4) is 5.75 Å². The molecule has 4 heteroatoms. The highest BCUT2D eigenvalue weighted by atomic mass is 35.5. The van der Waals surface area contributed by atoms with Crippen molar-refractivity contribution in [2.75, 3.05) is 14.2 Å². The highest BCUT2D eigenvalue weighted by Gasteiger charge is 2.14. The maximum atomic E-state index is 13.9. The summed E-state index contributed by atoms with van der Waals surface area (Å²) in [6, 6.07) is 12.8. The quantitative estimate of drug-likeness (QED) is 0.875. The van der Waals surface area contributed by atoms with Crippen LogP contribution in [0.25, 0.3) is 0 Å². The zero-order valence-electron chi connectivity index (χ0n) is 12.2. The van der Waals surface area contributed by atoms with Crippen LogP contribution in [0.5, 0.6) is 5.75 Å². The number of rotatable bonds is 6. The molecule has 112 valence electrons. The number of likely N-dealkylation sites (N-methyl/N-ethyl adjacent to an activating group) is 1. The Balaban J connectivity index is 2.13. The SMILES string of the molecule is CNC(Cc1cccc(OC)c1)Cc1c(F)cccc1Cl. The highest BCUT2D eigenvalue weighted by Crippen LogP contribution is 2.22. The molecule has 0 aliphatic rings. The van der Waals surface area contributed by atoms with Crippen LogP contribution in [0.15, 0.2) is 42.5 Å². The molecular weight excluding hydrogens is 289 g/mol. The first-order valence-electron chi connectivity index (χ1n) is 6.87. The van der Waals surface area contributed by atoms with Crippen LogP contribution in [-0.4, -0.2) is 20.2 Å². The van der Waals surface area contributed by atoms with E-state index in [0.717, 1.165) is 17.7 Å². The summed E-state index contributed by atoms with van der Waals surface area (Å²) in [5, 5.41) is 3.70. The van der Waals surface area contributed by atoms with Gasteiger partial charge in [-0.3, -0.25) is 0 Å². The zero-order chi connectivity index (χ0) is 15.2. The average Bonchev–Trinajstić information content (AvgIpc) is 2.50. The van der Waals surface area contributed by atoms with E-state index >= 15 is 0 Å². The first-order chi connectivity index (χ1) is 10.1. The summed E-state index contributed by atoms with van der Waals surface area (Å²) in [4.78, 5) is 0. The molecule has 2 aromatic rings. The van der Waals surface area contributed by atoms with E-state index < -0.39 is 0 Å². The minimum absolute atomic E-state index is 0.103. The van der Waals surface area contributed by atoms with E-state index in [0.29, 0.717) is 17.0 Å². The Morgan fingerprint density at radius 3 is 2.62 bits per heavy atom. The van der Waals surface area contributed by atoms with Crippen LogP contribution in [0.2, 0.25) is 5.02 Å². The summed E-state index contributed by atoms with van der Waals surface area (Å²) in [7, 11) is 3.52. The molecule has 21 heavy (non-hydrogen) atoms. The van der Waals surface area contributed by atoms with Crippen molar-refractivity contribution in [1.82, 2.24) is 5.32 Å². The van der Waals surface area contributed by atoms with Crippen molar-refractivity contribution in [3.05, 3.63) is 64.4 Å². The van der Waals surface area contributed by atoms with Crippen LogP contribution < -0.4 is 10.1 Å². The van der Waals surface area contributed by atoms with Gasteiger partial charge in [-0.2, -0.15) is 0 Å². The fourth-order valence-corrected chi connectivity index (χ4v) is 2.57. The monoisotopic (exact) mass is 307 g/mol. The lowest BCUT2D eigenvalue weighted by atomic mass is 9.98. The second-order valence-electron chi connectivity index (χ2n) is 4.95. The molecule has 0 fully saturated rings. The molecule has 0 saturated carbocycles. The number of methoxy groups -OCH3 is 1. The van der Waals surface area contributed by atoms with Gasteiger partial charge in [0.15, 0.2) is 0 Å². The molecule has 0 aliphatic carbocycles. The standard InChI is InChI=1S/C17H19ClFNO/c1-20-13(9-12-5-3-6-14(10-12)21-2)11-15-16(18)7-4-8-17(15)19/h3-8,10,13,20H,9,11H2,1-2H3. The Morgan fingerprint density at radius 2 is 1.95 bits per heavy atom. The Bertz CT molecular complexity index is 583. The van der Waals surface area contributed by atoms with E-state index in [1.165, 1.54) is 6.07 Å². The maximum absolute atomic E-state index is 13.9. The van der Waals surface area contributed by atoms with Gasteiger partial charge in [0.05, 0.1) is 7.11 Å². The van der Waals surface area contributed by atoms with Gasteiger partial charge in [0.2, 0.25) is 0 Å². The lowest BCUT2D eigenvalue weighted by molar-refractivity contribution is 0.414. The zero-order valence-corrected chi connectivity index (χ0v) is 13.0. The fourth-order valence-electron chi connectivity index (χ4n) is 2.33. The molecule has 2 rings (SSSR count). The van der Waals surface area contributed by atoms with Crippen LogP contribution in [0, 0.1) is 5.82 Å². The van der Waals surface area contributed by atoms with Crippen LogP contribution in [0.4, 0.5) is 4.39 Å². The van der Waals surface area contributed by atoms with Crippen LogP contribution in [0.1, 0.15) is 11.1 Å². The first kappa shape index (κ1) is 15.8. The summed E-state index contributed by atoms with van der Waals surface area (Å²) in [6.07, 6.45) is 1.32. The van der Waals surface area contributed by atoms with Gasteiger partial charge >= 0.3 is 0 Å². The van der Waals surface area contributed by atoms with Crippen molar-refractivity contribution in [3.63, 3.8) is 0 Å². The molecule has 1 unspecified atom stereocenters. The Morgan fingerprint density at radius 1 is 1.19 bits per heavy atom. The van der Waals surface area contributed by atoms with E-state index in [9.17, 15) is 4.39 Å². The van der Waals surface area contributed by atoms with Crippen molar-refractivity contribution in [2.24, 2.45) is 0 Å². The molecule has 0 aliphatic heterocycles. The van der Waals surface area contributed by atoms with E-state index in [-0.39, 0.29) is 11.9 Å². The molecule has 0 aromatic heterocycles. The van der Waals surface area contributed by atoms with Crippen molar-refractivity contribution in [2.45, 2.75) is 18.9 Å². The van der Waals surface area contributed by atoms with Crippen molar-refractivity contribution >= 4 is 11.6 Å². The van der Waals surface area contributed by atoms with Crippen molar-refractivity contribution < 1.29 is 9.13 Å². The van der Waals surface area contributed by atoms with Gasteiger partial charge in [0.25, 0.3) is 0 Å². The van der Waals surface area contributed by atoms with Crippen LogP contribution in [-0.2, 0) is 12.8 Å². The van der Waals surface area contributed by atoms with E-state index in [1.54, 1.807) is 19.2 Å². The van der Waals surface area contributed by atoms with E-state index in [1.807, 2.05) is 31.3 Å². The lowest BCUT2D eigenvalue weighted by Gasteiger charge is -2.18. The topological polar surface area (TPSA) is 21.3 Å². The van der Waals surface area contributed by atoms with Crippen molar-refractivity contribution in [1.29, 1.82) is 0 Å². The van der Waals surface area contributed by atoms with E-state index in [4.69, 9.17) is 16.3 Å². The fraction of sp³-hybridized carbons (Fsp3) is 0.294. The molecule has 1 N–H and O–H groups in total. The third-order valence-electron chi connectivity index (χ3n) is 3.54. The molecule has 0 saturated heterocycles. The van der Waals surface area contributed by atoms with Gasteiger partial charge < -0.3 is 10.1 Å². The second kappa shape index (κ2) is 7.43. The number of nitrogens with one attached hydrogen (secondary N) is 1.